The number of aryl methyl sites for hydroxylation is 2. The van der Waals surface area contributed by atoms with Crippen LogP contribution in [0.2, 0.25) is 0 Å². The molecule has 1 aromatic heterocycles. The standard InChI is InChI=1S/C11H12N4O2/c1-6-13-7(2)15(14-6)8-3-4-10(12)9(5-8)11(16)17/h3-5H,12H2,1-2H3,(H,16,17). The normalized spacial score (nSPS) is 10.5. The van der Waals surface area contributed by atoms with E-state index in [2.05, 4.69) is 10.1 Å². The van der Waals surface area contributed by atoms with Crippen LogP contribution < -0.4 is 5.73 Å². The minimum Gasteiger partial charge on any atom is -0.478 e. The highest BCUT2D eigenvalue weighted by atomic mass is 16.4. The van der Waals surface area contributed by atoms with Crippen molar-refractivity contribution in [1.29, 1.82) is 0 Å². The third-order valence-corrected chi connectivity index (χ3v) is 2.39. The summed E-state index contributed by atoms with van der Waals surface area (Å²) < 4.78 is 1.58. The van der Waals surface area contributed by atoms with Gasteiger partial charge in [-0.1, -0.05) is 0 Å². The van der Waals surface area contributed by atoms with E-state index in [-0.39, 0.29) is 11.3 Å². The zero-order valence-corrected chi connectivity index (χ0v) is 9.51. The number of benzene rings is 1. The van der Waals surface area contributed by atoms with E-state index in [0.717, 1.165) is 0 Å². The SMILES string of the molecule is Cc1nc(C)n(-c2ccc(N)c(C(=O)O)c2)n1. The lowest BCUT2D eigenvalue weighted by atomic mass is 10.1. The number of hydrogen-bond acceptors (Lipinski definition) is 4. The topological polar surface area (TPSA) is 94.0 Å². The number of aromatic carboxylic acids is 1. The zero-order chi connectivity index (χ0) is 12.6. The average molecular weight is 232 g/mol. The smallest absolute Gasteiger partial charge is 0.337 e. The molecule has 0 fully saturated rings. The molecule has 1 aromatic carbocycles. The predicted octanol–water partition coefficient (Wildman–Crippen LogP) is 1.16. The predicted molar refractivity (Wildman–Crippen MR) is 62.2 cm³/mol. The molecule has 2 rings (SSSR count). The van der Waals surface area contributed by atoms with E-state index in [1.165, 1.54) is 6.07 Å². The van der Waals surface area contributed by atoms with Crippen LogP contribution in [0.1, 0.15) is 22.0 Å². The Morgan fingerprint density at radius 1 is 1.41 bits per heavy atom. The van der Waals surface area contributed by atoms with Gasteiger partial charge in [0.25, 0.3) is 0 Å². The largest absolute Gasteiger partial charge is 0.478 e. The van der Waals surface area contributed by atoms with E-state index in [4.69, 9.17) is 10.8 Å². The van der Waals surface area contributed by atoms with Gasteiger partial charge in [-0.05, 0) is 32.0 Å². The monoisotopic (exact) mass is 232 g/mol. The van der Waals surface area contributed by atoms with Gasteiger partial charge >= 0.3 is 5.97 Å². The molecule has 0 saturated carbocycles. The van der Waals surface area contributed by atoms with Crippen molar-refractivity contribution in [2.24, 2.45) is 0 Å². The lowest BCUT2D eigenvalue weighted by Crippen LogP contribution is -2.06. The molecule has 0 amide bonds. The lowest BCUT2D eigenvalue weighted by Gasteiger charge is -2.06. The lowest BCUT2D eigenvalue weighted by molar-refractivity contribution is 0.0698. The molecular weight excluding hydrogens is 220 g/mol. The van der Waals surface area contributed by atoms with Crippen LogP contribution in [0, 0.1) is 13.8 Å². The second-order valence-electron chi connectivity index (χ2n) is 3.69. The summed E-state index contributed by atoms with van der Waals surface area (Å²) in [6, 6.07) is 4.75. The van der Waals surface area contributed by atoms with Gasteiger partial charge in [-0.3, -0.25) is 0 Å². The van der Waals surface area contributed by atoms with Crippen molar-refractivity contribution in [3.05, 3.63) is 35.4 Å². The molecule has 0 aliphatic carbocycles. The summed E-state index contributed by atoms with van der Waals surface area (Å²) in [4.78, 5) is 15.1. The molecule has 0 atom stereocenters. The highest BCUT2D eigenvalue weighted by molar-refractivity contribution is 5.94. The summed E-state index contributed by atoms with van der Waals surface area (Å²) in [6.45, 7) is 3.58. The number of carbonyl (C=O) groups is 1. The fourth-order valence-corrected chi connectivity index (χ4v) is 1.63. The molecule has 0 spiro atoms. The Morgan fingerprint density at radius 3 is 2.65 bits per heavy atom. The van der Waals surface area contributed by atoms with Crippen molar-refractivity contribution in [2.45, 2.75) is 13.8 Å². The summed E-state index contributed by atoms with van der Waals surface area (Å²) in [6.07, 6.45) is 0. The van der Waals surface area contributed by atoms with Crippen LogP contribution in [-0.2, 0) is 0 Å². The first-order valence-corrected chi connectivity index (χ1v) is 5.02. The van der Waals surface area contributed by atoms with Crippen LogP contribution in [0.25, 0.3) is 5.69 Å². The molecule has 17 heavy (non-hydrogen) atoms. The van der Waals surface area contributed by atoms with E-state index >= 15 is 0 Å². The fraction of sp³-hybridized carbons (Fsp3) is 0.182. The summed E-state index contributed by atoms with van der Waals surface area (Å²) in [5, 5.41) is 13.2. The highest BCUT2D eigenvalue weighted by Gasteiger charge is 2.11. The van der Waals surface area contributed by atoms with Gasteiger partial charge in [0.1, 0.15) is 11.6 Å². The number of nitrogens with zero attached hydrogens (tertiary/aromatic N) is 3. The average Bonchev–Trinajstić information content (AvgIpc) is 2.58. The fourth-order valence-electron chi connectivity index (χ4n) is 1.63. The van der Waals surface area contributed by atoms with Gasteiger partial charge in [0, 0.05) is 5.69 Å². The third-order valence-electron chi connectivity index (χ3n) is 2.39. The third kappa shape index (κ3) is 1.96. The van der Waals surface area contributed by atoms with Crippen LogP contribution >= 0.6 is 0 Å². The number of nitrogen functional groups attached to an aromatic ring is 1. The number of nitrogens with two attached hydrogens (primary N) is 1. The molecule has 3 N–H and O–H groups in total. The van der Waals surface area contributed by atoms with Gasteiger partial charge in [0.05, 0.1) is 11.3 Å². The molecule has 0 bridgehead atoms. The number of anilines is 1. The van der Waals surface area contributed by atoms with Crippen molar-refractivity contribution in [3.63, 3.8) is 0 Å². The molecule has 0 unspecified atom stereocenters. The number of carboxylic acid groups (broad SMARTS) is 1. The van der Waals surface area contributed by atoms with E-state index in [1.54, 1.807) is 30.7 Å². The second kappa shape index (κ2) is 3.89. The molecule has 2 aromatic rings. The Bertz CT molecular complexity index is 589. The summed E-state index contributed by atoms with van der Waals surface area (Å²) >= 11 is 0. The van der Waals surface area contributed by atoms with Crippen molar-refractivity contribution >= 4 is 11.7 Å². The van der Waals surface area contributed by atoms with Crippen LogP contribution in [0.15, 0.2) is 18.2 Å². The van der Waals surface area contributed by atoms with Crippen molar-refractivity contribution < 1.29 is 9.90 Å². The quantitative estimate of drug-likeness (QED) is 0.758. The van der Waals surface area contributed by atoms with Crippen molar-refractivity contribution in [1.82, 2.24) is 14.8 Å². The van der Waals surface area contributed by atoms with Gasteiger partial charge in [-0.15, -0.1) is 0 Å². The van der Waals surface area contributed by atoms with Gasteiger partial charge in [-0.2, -0.15) is 5.10 Å². The highest BCUT2D eigenvalue weighted by Crippen LogP contribution is 2.17. The molecular formula is C11H12N4O2. The first-order valence-electron chi connectivity index (χ1n) is 5.02. The van der Waals surface area contributed by atoms with Crippen molar-refractivity contribution in [3.8, 4) is 5.69 Å². The Balaban J connectivity index is 2.57. The van der Waals surface area contributed by atoms with Crippen LogP contribution in [-0.4, -0.2) is 25.8 Å². The van der Waals surface area contributed by atoms with Gasteiger partial charge < -0.3 is 10.8 Å². The molecule has 6 heteroatoms. The molecule has 1 heterocycles. The maximum Gasteiger partial charge on any atom is 0.337 e. The molecule has 88 valence electrons. The Kier molecular flexibility index (Phi) is 2.55. The summed E-state index contributed by atoms with van der Waals surface area (Å²) in [7, 11) is 0. The molecule has 6 nitrogen and oxygen atoms in total. The number of rotatable bonds is 2. The van der Waals surface area contributed by atoms with E-state index in [0.29, 0.717) is 17.3 Å². The molecule has 0 radical (unpaired) electrons. The van der Waals surface area contributed by atoms with Crippen LogP contribution in [0.4, 0.5) is 5.69 Å². The van der Waals surface area contributed by atoms with Gasteiger partial charge in [-0.25, -0.2) is 14.5 Å². The second-order valence-corrected chi connectivity index (χ2v) is 3.69. The summed E-state index contributed by atoms with van der Waals surface area (Å²) in [5.41, 5.74) is 6.52. The van der Waals surface area contributed by atoms with E-state index in [1.807, 2.05) is 0 Å². The first-order chi connectivity index (χ1) is 7.99. The molecule has 0 aliphatic rings. The van der Waals surface area contributed by atoms with Gasteiger partial charge in [0.15, 0.2) is 0 Å². The zero-order valence-electron chi connectivity index (χ0n) is 9.51. The summed E-state index contributed by atoms with van der Waals surface area (Å²) in [5.74, 6) is 0.277. The Hall–Kier alpha value is -2.37. The van der Waals surface area contributed by atoms with Crippen molar-refractivity contribution in [2.75, 3.05) is 5.73 Å². The molecule has 0 saturated heterocycles. The number of carboxylic acids is 1. The maximum atomic E-state index is 11.0. The number of hydrogen-bond donors (Lipinski definition) is 2. The minimum absolute atomic E-state index is 0.0649. The van der Waals surface area contributed by atoms with Gasteiger partial charge in [0.2, 0.25) is 0 Å². The Labute approximate surface area is 97.7 Å². The Morgan fingerprint density at radius 2 is 2.12 bits per heavy atom. The maximum absolute atomic E-state index is 11.0. The minimum atomic E-state index is -1.06. The molecule has 0 aliphatic heterocycles. The van der Waals surface area contributed by atoms with E-state index in [9.17, 15) is 4.79 Å². The van der Waals surface area contributed by atoms with E-state index < -0.39 is 5.97 Å². The number of aromatic nitrogens is 3. The van der Waals surface area contributed by atoms with Crippen LogP contribution in [0.5, 0.6) is 0 Å². The first kappa shape index (κ1) is 11.1. The van der Waals surface area contributed by atoms with Crippen LogP contribution in [0.3, 0.4) is 0 Å².